The molecule has 14 heavy (non-hydrogen) atoms. The van der Waals surface area contributed by atoms with Crippen LogP contribution in [0.25, 0.3) is 0 Å². The first-order valence-corrected chi connectivity index (χ1v) is 5.35. The lowest BCUT2D eigenvalue weighted by Gasteiger charge is -2.07. The number of hydrogen-bond acceptors (Lipinski definition) is 1. The summed E-state index contributed by atoms with van der Waals surface area (Å²) in [5, 5.41) is 0.540. The molecule has 0 aliphatic heterocycles. The van der Waals surface area contributed by atoms with E-state index in [9.17, 15) is 0 Å². The Morgan fingerprint density at radius 2 is 2.29 bits per heavy atom. The SMILES string of the molecule is CC(C=C(Cl)Cl)Cc1cccnc1Cl. The van der Waals surface area contributed by atoms with Gasteiger partial charge in [-0.25, -0.2) is 4.98 Å². The Hall–Kier alpha value is -0.240. The van der Waals surface area contributed by atoms with Crippen molar-refractivity contribution in [3.05, 3.63) is 39.6 Å². The van der Waals surface area contributed by atoms with Gasteiger partial charge in [0.1, 0.15) is 9.64 Å². The van der Waals surface area contributed by atoms with Crippen molar-refractivity contribution in [1.29, 1.82) is 0 Å². The number of halogens is 3. The topological polar surface area (TPSA) is 12.9 Å². The standard InChI is InChI=1S/C10H10Cl3N/c1-7(6-9(11)12)5-8-3-2-4-14-10(8)13/h2-4,6-7H,5H2,1H3. The third-order valence-corrected chi connectivity index (χ3v) is 2.38. The number of rotatable bonds is 3. The van der Waals surface area contributed by atoms with Crippen LogP contribution in [0.2, 0.25) is 5.15 Å². The second-order valence-corrected chi connectivity index (χ2v) is 4.46. The summed E-state index contributed by atoms with van der Waals surface area (Å²) in [6, 6.07) is 3.81. The van der Waals surface area contributed by atoms with Crippen LogP contribution >= 0.6 is 34.8 Å². The van der Waals surface area contributed by atoms with Crippen molar-refractivity contribution < 1.29 is 0 Å². The van der Waals surface area contributed by atoms with E-state index in [-0.39, 0.29) is 10.4 Å². The van der Waals surface area contributed by atoms with Crippen LogP contribution in [0.3, 0.4) is 0 Å². The van der Waals surface area contributed by atoms with Gasteiger partial charge in [-0.15, -0.1) is 0 Å². The minimum absolute atomic E-state index is 0.252. The van der Waals surface area contributed by atoms with Crippen LogP contribution in [-0.2, 0) is 6.42 Å². The van der Waals surface area contributed by atoms with Gasteiger partial charge in [0.2, 0.25) is 0 Å². The van der Waals surface area contributed by atoms with Gasteiger partial charge >= 0.3 is 0 Å². The molecule has 1 aromatic heterocycles. The van der Waals surface area contributed by atoms with Gasteiger partial charge in [0, 0.05) is 6.20 Å². The lowest BCUT2D eigenvalue weighted by molar-refractivity contribution is 0.721. The molecule has 76 valence electrons. The number of aromatic nitrogens is 1. The van der Waals surface area contributed by atoms with E-state index in [1.165, 1.54) is 0 Å². The van der Waals surface area contributed by atoms with Gasteiger partial charge < -0.3 is 0 Å². The minimum atomic E-state index is 0.252. The van der Waals surface area contributed by atoms with Gasteiger partial charge in [0.05, 0.1) is 0 Å². The number of nitrogens with zero attached hydrogens (tertiary/aromatic N) is 1. The second-order valence-electron chi connectivity index (χ2n) is 3.09. The molecule has 1 nitrogen and oxygen atoms in total. The highest BCUT2D eigenvalue weighted by atomic mass is 35.5. The average molecular weight is 251 g/mol. The van der Waals surface area contributed by atoms with Gasteiger partial charge in [-0.3, -0.25) is 0 Å². The zero-order valence-corrected chi connectivity index (χ0v) is 9.94. The predicted octanol–water partition coefficient (Wildman–Crippen LogP) is 4.23. The summed E-state index contributed by atoms with van der Waals surface area (Å²) in [5.41, 5.74) is 1.01. The maximum atomic E-state index is 5.91. The fraction of sp³-hybridized carbons (Fsp3) is 0.300. The van der Waals surface area contributed by atoms with E-state index in [1.807, 2.05) is 19.1 Å². The lowest BCUT2D eigenvalue weighted by Crippen LogP contribution is -1.97. The molecule has 0 aromatic carbocycles. The Bertz CT molecular complexity index is 332. The zero-order valence-electron chi connectivity index (χ0n) is 7.67. The molecule has 0 spiro atoms. The normalized spacial score (nSPS) is 12.3. The predicted molar refractivity (Wildman–Crippen MR) is 61.9 cm³/mol. The first-order valence-electron chi connectivity index (χ1n) is 4.22. The summed E-state index contributed by atoms with van der Waals surface area (Å²) < 4.78 is 0.289. The van der Waals surface area contributed by atoms with Crippen molar-refractivity contribution >= 4 is 34.8 Å². The van der Waals surface area contributed by atoms with Gasteiger partial charge in [-0.05, 0) is 24.0 Å². The van der Waals surface area contributed by atoms with E-state index in [1.54, 1.807) is 12.3 Å². The van der Waals surface area contributed by atoms with Crippen LogP contribution in [0, 0.1) is 5.92 Å². The summed E-state index contributed by atoms with van der Waals surface area (Å²) in [5.74, 6) is 0.252. The van der Waals surface area contributed by atoms with E-state index < -0.39 is 0 Å². The molecular formula is C10H10Cl3N. The molecule has 0 radical (unpaired) electrons. The number of allylic oxidation sites excluding steroid dienone is 1. The fourth-order valence-electron chi connectivity index (χ4n) is 1.19. The molecule has 4 heteroatoms. The van der Waals surface area contributed by atoms with Crippen molar-refractivity contribution in [3.8, 4) is 0 Å². The van der Waals surface area contributed by atoms with Crippen LogP contribution < -0.4 is 0 Å². The molecule has 1 atom stereocenters. The zero-order chi connectivity index (χ0) is 10.6. The average Bonchev–Trinajstić information content (AvgIpc) is 2.07. The molecule has 0 aliphatic carbocycles. The van der Waals surface area contributed by atoms with Gasteiger partial charge in [-0.1, -0.05) is 53.9 Å². The quantitative estimate of drug-likeness (QED) is 0.732. The lowest BCUT2D eigenvalue weighted by atomic mass is 10.0. The van der Waals surface area contributed by atoms with Crippen molar-refractivity contribution in [2.75, 3.05) is 0 Å². The Kier molecular flexibility index (Phi) is 4.73. The van der Waals surface area contributed by atoms with Crippen LogP contribution in [0.15, 0.2) is 28.9 Å². The Morgan fingerprint density at radius 3 is 2.86 bits per heavy atom. The van der Waals surface area contributed by atoms with Crippen LogP contribution in [-0.4, -0.2) is 4.98 Å². The minimum Gasteiger partial charge on any atom is -0.244 e. The highest BCUT2D eigenvalue weighted by Gasteiger charge is 2.05. The highest BCUT2D eigenvalue weighted by molar-refractivity contribution is 6.55. The molecular weight excluding hydrogens is 240 g/mol. The molecule has 1 aromatic rings. The highest BCUT2D eigenvalue weighted by Crippen LogP contribution is 2.19. The van der Waals surface area contributed by atoms with E-state index in [2.05, 4.69) is 4.98 Å². The largest absolute Gasteiger partial charge is 0.244 e. The third-order valence-electron chi connectivity index (χ3n) is 1.79. The summed E-state index contributed by atoms with van der Waals surface area (Å²) in [6.07, 6.45) is 4.24. The first kappa shape index (κ1) is 11.8. The Morgan fingerprint density at radius 1 is 1.57 bits per heavy atom. The molecule has 0 aliphatic rings. The van der Waals surface area contributed by atoms with E-state index in [4.69, 9.17) is 34.8 Å². The van der Waals surface area contributed by atoms with Crippen molar-refractivity contribution in [2.45, 2.75) is 13.3 Å². The molecule has 1 unspecified atom stereocenters. The monoisotopic (exact) mass is 249 g/mol. The number of pyridine rings is 1. The van der Waals surface area contributed by atoms with Crippen molar-refractivity contribution in [2.24, 2.45) is 5.92 Å². The molecule has 0 bridgehead atoms. The van der Waals surface area contributed by atoms with E-state index in [0.717, 1.165) is 12.0 Å². The molecule has 1 rings (SSSR count). The molecule has 0 saturated heterocycles. The van der Waals surface area contributed by atoms with E-state index in [0.29, 0.717) is 5.15 Å². The van der Waals surface area contributed by atoms with Crippen molar-refractivity contribution in [3.63, 3.8) is 0 Å². The Balaban J connectivity index is 2.70. The van der Waals surface area contributed by atoms with Crippen LogP contribution in [0.4, 0.5) is 0 Å². The first-order chi connectivity index (χ1) is 6.59. The summed E-state index contributed by atoms with van der Waals surface area (Å²) >= 11 is 17.0. The van der Waals surface area contributed by atoms with Crippen molar-refractivity contribution in [1.82, 2.24) is 4.98 Å². The maximum Gasteiger partial charge on any atom is 0.132 e. The van der Waals surface area contributed by atoms with E-state index >= 15 is 0 Å². The maximum absolute atomic E-state index is 5.91. The van der Waals surface area contributed by atoms with Gasteiger partial charge in [0.25, 0.3) is 0 Å². The summed E-state index contributed by atoms with van der Waals surface area (Å²) in [6.45, 7) is 2.02. The third kappa shape index (κ3) is 3.87. The molecule has 0 N–H and O–H groups in total. The fourth-order valence-corrected chi connectivity index (χ4v) is 1.82. The van der Waals surface area contributed by atoms with Crippen LogP contribution in [0.5, 0.6) is 0 Å². The molecule has 0 amide bonds. The second kappa shape index (κ2) is 5.59. The number of hydrogen-bond donors (Lipinski definition) is 0. The molecule has 1 heterocycles. The Labute approximate surface area is 98.7 Å². The summed E-state index contributed by atoms with van der Waals surface area (Å²) in [4.78, 5) is 3.99. The summed E-state index contributed by atoms with van der Waals surface area (Å²) in [7, 11) is 0. The van der Waals surface area contributed by atoms with Gasteiger partial charge in [-0.2, -0.15) is 0 Å². The molecule has 0 fully saturated rings. The smallest absolute Gasteiger partial charge is 0.132 e. The van der Waals surface area contributed by atoms with Crippen LogP contribution in [0.1, 0.15) is 12.5 Å². The molecule has 0 saturated carbocycles. The van der Waals surface area contributed by atoms with Gasteiger partial charge in [0.15, 0.2) is 0 Å².